The van der Waals surface area contributed by atoms with Gasteiger partial charge in [-0.3, -0.25) is 14.2 Å². The zero-order chi connectivity index (χ0) is 18.1. The van der Waals surface area contributed by atoms with Crippen molar-refractivity contribution in [3.63, 3.8) is 0 Å². The molecule has 0 aliphatic carbocycles. The number of thiophene rings is 1. The summed E-state index contributed by atoms with van der Waals surface area (Å²) in [6.07, 6.45) is 0.419. The molecule has 0 bridgehead atoms. The number of benzene rings is 1. The van der Waals surface area contributed by atoms with Gasteiger partial charge in [0.1, 0.15) is 10.7 Å². The Morgan fingerprint density at radius 1 is 1.24 bits per heavy atom. The predicted molar refractivity (Wildman–Crippen MR) is 100 cm³/mol. The number of aromatic nitrogens is 2. The molecule has 5 nitrogen and oxygen atoms in total. The molecule has 0 saturated heterocycles. The highest BCUT2D eigenvalue weighted by Gasteiger charge is 2.18. The standard InChI is InChI=1S/C19H20N2O3S/c1-11-7-4-5-8-14(11)17-20-18-16(12(2)13(3)25-18)19(24)21(17)10-6-9-15(22)23/h4-5,7-8H,6,9-10H2,1-3H3,(H,22,23). The summed E-state index contributed by atoms with van der Waals surface area (Å²) in [5, 5.41) is 9.56. The Kier molecular flexibility index (Phi) is 4.72. The van der Waals surface area contributed by atoms with Crippen molar-refractivity contribution in [1.29, 1.82) is 0 Å². The molecule has 3 rings (SSSR count). The fourth-order valence-electron chi connectivity index (χ4n) is 2.95. The van der Waals surface area contributed by atoms with Crippen LogP contribution < -0.4 is 5.56 Å². The number of carboxylic acids is 1. The molecule has 1 aromatic carbocycles. The number of fused-ring (bicyclic) bond motifs is 1. The maximum atomic E-state index is 13.1. The Balaban J connectivity index is 2.24. The monoisotopic (exact) mass is 356 g/mol. The van der Waals surface area contributed by atoms with Crippen molar-refractivity contribution in [2.24, 2.45) is 0 Å². The lowest BCUT2D eigenvalue weighted by atomic mass is 10.1. The van der Waals surface area contributed by atoms with Gasteiger partial charge in [-0.1, -0.05) is 24.3 Å². The molecule has 2 aromatic heterocycles. The van der Waals surface area contributed by atoms with Crippen LogP contribution in [0.15, 0.2) is 29.1 Å². The number of hydrogen-bond donors (Lipinski definition) is 1. The van der Waals surface area contributed by atoms with Gasteiger partial charge in [0.25, 0.3) is 5.56 Å². The van der Waals surface area contributed by atoms with Gasteiger partial charge < -0.3 is 5.11 Å². The molecule has 25 heavy (non-hydrogen) atoms. The highest BCUT2D eigenvalue weighted by Crippen LogP contribution is 2.29. The second kappa shape index (κ2) is 6.80. The van der Waals surface area contributed by atoms with Gasteiger partial charge in [0.2, 0.25) is 0 Å². The van der Waals surface area contributed by atoms with Gasteiger partial charge in [0.15, 0.2) is 0 Å². The van der Waals surface area contributed by atoms with Gasteiger partial charge in [-0.15, -0.1) is 11.3 Å². The summed E-state index contributed by atoms with van der Waals surface area (Å²) in [6.45, 7) is 6.25. The van der Waals surface area contributed by atoms with E-state index in [4.69, 9.17) is 10.1 Å². The molecule has 130 valence electrons. The number of aliphatic carboxylic acids is 1. The van der Waals surface area contributed by atoms with Crippen molar-refractivity contribution in [2.75, 3.05) is 0 Å². The van der Waals surface area contributed by atoms with Gasteiger partial charge in [-0.05, 0) is 38.3 Å². The van der Waals surface area contributed by atoms with Crippen LogP contribution in [0.4, 0.5) is 0 Å². The van der Waals surface area contributed by atoms with Crippen LogP contribution in [0.3, 0.4) is 0 Å². The molecule has 6 heteroatoms. The fraction of sp³-hybridized carbons (Fsp3) is 0.316. The number of carboxylic acid groups (broad SMARTS) is 1. The van der Waals surface area contributed by atoms with E-state index in [0.29, 0.717) is 24.2 Å². The van der Waals surface area contributed by atoms with Crippen LogP contribution >= 0.6 is 11.3 Å². The van der Waals surface area contributed by atoms with Gasteiger partial charge in [0.05, 0.1) is 5.39 Å². The minimum Gasteiger partial charge on any atom is -0.481 e. The fourth-order valence-corrected chi connectivity index (χ4v) is 3.97. The second-order valence-corrected chi connectivity index (χ2v) is 7.37. The second-order valence-electron chi connectivity index (χ2n) is 6.17. The Hall–Kier alpha value is -2.47. The molecule has 0 saturated carbocycles. The summed E-state index contributed by atoms with van der Waals surface area (Å²) in [5.41, 5.74) is 2.81. The van der Waals surface area contributed by atoms with E-state index in [-0.39, 0.29) is 12.0 Å². The van der Waals surface area contributed by atoms with E-state index in [1.54, 1.807) is 4.57 Å². The third kappa shape index (κ3) is 3.22. The summed E-state index contributed by atoms with van der Waals surface area (Å²) in [4.78, 5) is 30.6. The SMILES string of the molecule is Cc1ccccc1-c1nc2sc(C)c(C)c2c(=O)n1CCCC(=O)O. The van der Waals surface area contributed by atoms with Crippen molar-refractivity contribution in [1.82, 2.24) is 9.55 Å². The molecule has 0 aliphatic heterocycles. The van der Waals surface area contributed by atoms with Crippen LogP contribution in [0, 0.1) is 20.8 Å². The summed E-state index contributed by atoms with van der Waals surface area (Å²) in [6, 6.07) is 7.80. The van der Waals surface area contributed by atoms with Crippen molar-refractivity contribution < 1.29 is 9.90 Å². The molecule has 0 aliphatic rings. The first kappa shape index (κ1) is 17.4. The maximum Gasteiger partial charge on any atom is 0.303 e. The summed E-state index contributed by atoms with van der Waals surface area (Å²) < 4.78 is 1.63. The molecule has 0 radical (unpaired) electrons. The van der Waals surface area contributed by atoms with Gasteiger partial charge in [-0.25, -0.2) is 4.98 Å². The predicted octanol–water partition coefficient (Wildman–Crippen LogP) is 3.92. The van der Waals surface area contributed by atoms with Crippen molar-refractivity contribution >= 4 is 27.5 Å². The first-order chi connectivity index (χ1) is 11.9. The van der Waals surface area contributed by atoms with E-state index < -0.39 is 5.97 Å². The summed E-state index contributed by atoms with van der Waals surface area (Å²) in [5.74, 6) is -0.246. The topological polar surface area (TPSA) is 72.2 Å². The average Bonchev–Trinajstić information content (AvgIpc) is 2.84. The smallest absolute Gasteiger partial charge is 0.303 e. The normalized spacial score (nSPS) is 11.2. The van der Waals surface area contributed by atoms with E-state index >= 15 is 0 Å². The van der Waals surface area contributed by atoms with Crippen molar-refractivity contribution in [3.05, 3.63) is 50.6 Å². The molecule has 0 amide bonds. The Labute approximate surface area is 149 Å². The maximum absolute atomic E-state index is 13.1. The number of aryl methyl sites for hydroxylation is 3. The van der Waals surface area contributed by atoms with Crippen molar-refractivity contribution in [3.8, 4) is 11.4 Å². The van der Waals surface area contributed by atoms with Crippen LogP contribution in [0.5, 0.6) is 0 Å². The molecule has 0 unspecified atom stereocenters. The lowest BCUT2D eigenvalue weighted by molar-refractivity contribution is -0.137. The molecule has 3 aromatic rings. The molecule has 0 atom stereocenters. The largest absolute Gasteiger partial charge is 0.481 e. The van der Waals surface area contributed by atoms with E-state index in [0.717, 1.165) is 26.4 Å². The lowest BCUT2D eigenvalue weighted by Crippen LogP contribution is -2.24. The molecule has 0 spiro atoms. The zero-order valence-corrected chi connectivity index (χ0v) is 15.3. The molecule has 1 N–H and O–H groups in total. The Morgan fingerprint density at radius 2 is 1.96 bits per heavy atom. The average molecular weight is 356 g/mol. The highest BCUT2D eigenvalue weighted by atomic mass is 32.1. The van der Waals surface area contributed by atoms with E-state index in [9.17, 15) is 9.59 Å². The van der Waals surface area contributed by atoms with Gasteiger partial charge in [0, 0.05) is 23.4 Å². The van der Waals surface area contributed by atoms with Crippen molar-refractivity contribution in [2.45, 2.75) is 40.2 Å². The van der Waals surface area contributed by atoms with Crippen LogP contribution in [0.1, 0.15) is 28.8 Å². The highest BCUT2D eigenvalue weighted by molar-refractivity contribution is 7.18. The summed E-state index contributed by atoms with van der Waals surface area (Å²) in [7, 11) is 0. The Morgan fingerprint density at radius 3 is 2.64 bits per heavy atom. The zero-order valence-electron chi connectivity index (χ0n) is 14.5. The van der Waals surface area contributed by atoms with E-state index in [1.165, 1.54) is 11.3 Å². The number of nitrogens with zero attached hydrogens (tertiary/aromatic N) is 2. The first-order valence-corrected chi connectivity index (χ1v) is 9.00. The number of rotatable bonds is 5. The molecular formula is C19H20N2O3S. The third-order valence-electron chi connectivity index (χ3n) is 4.45. The van der Waals surface area contributed by atoms with Gasteiger partial charge in [-0.2, -0.15) is 0 Å². The summed E-state index contributed by atoms with van der Waals surface area (Å²) >= 11 is 1.53. The van der Waals surface area contributed by atoms with Crippen LogP contribution in [-0.2, 0) is 11.3 Å². The number of hydrogen-bond acceptors (Lipinski definition) is 4. The quantitative estimate of drug-likeness (QED) is 0.752. The molecule has 0 fully saturated rings. The molecular weight excluding hydrogens is 336 g/mol. The first-order valence-electron chi connectivity index (χ1n) is 8.18. The minimum absolute atomic E-state index is 0.0271. The van der Waals surface area contributed by atoms with Gasteiger partial charge >= 0.3 is 5.97 Å². The third-order valence-corrected chi connectivity index (χ3v) is 5.55. The van der Waals surface area contributed by atoms with Crippen LogP contribution in [0.25, 0.3) is 21.6 Å². The minimum atomic E-state index is -0.859. The lowest BCUT2D eigenvalue weighted by Gasteiger charge is -2.14. The number of carbonyl (C=O) groups is 1. The van der Waals surface area contributed by atoms with E-state index in [1.807, 2.05) is 45.0 Å². The van der Waals surface area contributed by atoms with E-state index in [2.05, 4.69) is 0 Å². The Bertz CT molecular complexity index is 1020. The van der Waals surface area contributed by atoms with Crippen LogP contribution in [-0.4, -0.2) is 20.6 Å². The van der Waals surface area contributed by atoms with Crippen LogP contribution in [0.2, 0.25) is 0 Å². The molecule has 2 heterocycles.